The SMILES string of the molecule is CC(=O)[C@H](C)Oc1cc(O[C@@H](C)C(C)=O)c2c(=O)c3ccccc3oc2c1. The molecule has 0 saturated heterocycles. The molecule has 3 aromatic rings. The molecule has 140 valence electrons. The predicted molar refractivity (Wildman–Crippen MR) is 102 cm³/mol. The van der Waals surface area contributed by atoms with Crippen LogP contribution < -0.4 is 14.9 Å². The number of ketones is 2. The zero-order valence-corrected chi connectivity index (χ0v) is 15.6. The average Bonchev–Trinajstić information content (AvgIpc) is 2.61. The molecule has 6 heteroatoms. The van der Waals surface area contributed by atoms with Crippen molar-refractivity contribution in [3.05, 3.63) is 46.6 Å². The Balaban J connectivity index is 2.25. The van der Waals surface area contributed by atoms with Gasteiger partial charge in [0, 0.05) is 12.1 Å². The van der Waals surface area contributed by atoms with Crippen LogP contribution in [-0.2, 0) is 9.59 Å². The van der Waals surface area contributed by atoms with Gasteiger partial charge in [-0.1, -0.05) is 12.1 Å². The highest BCUT2D eigenvalue weighted by Crippen LogP contribution is 2.32. The molecule has 0 amide bonds. The van der Waals surface area contributed by atoms with E-state index in [-0.39, 0.29) is 33.7 Å². The lowest BCUT2D eigenvalue weighted by Gasteiger charge is -2.17. The van der Waals surface area contributed by atoms with E-state index in [0.717, 1.165) is 0 Å². The minimum absolute atomic E-state index is 0.144. The molecular weight excluding hydrogens is 348 g/mol. The Hall–Kier alpha value is -3.15. The van der Waals surface area contributed by atoms with Crippen LogP contribution in [0, 0.1) is 0 Å². The molecule has 3 rings (SSSR count). The standard InChI is InChI=1S/C21H20O6/c1-11(22)13(3)25-15-9-18(26-14(4)12(2)23)20-19(10-15)27-17-8-6-5-7-16(17)21(20)24/h5-10,13-14H,1-4H3/t13-,14-/m0/s1. The maximum absolute atomic E-state index is 13.0. The summed E-state index contributed by atoms with van der Waals surface area (Å²) < 4.78 is 17.2. The van der Waals surface area contributed by atoms with Crippen LogP contribution >= 0.6 is 0 Å². The molecule has 0 radical (unpaired) electrons. The number of ether oxygens (including phenoxy) is 2. The van der Waals surface area contributed by atoms with E-state index >= 15 is 0 Å². The Morgan fingerprint density at radius 3 is 2.22 bits per heavy atom. The van der Waals surface area contributed by atoms with E-state index in [0.29, 0.717) is 16.7 Å². The van der Waals surface area contributed by atoms with Gasteiger partial charge in [-0.2, -0.15) is 0 Å². The van der Waals surface area contributed by atoms with Crippen molar-refractivity contribution >= 4 is 33.5 Å². The molecule has 0 aliphatic carbocycles. The maximum atomic E-state index is 13.0. The number of hydrogen-bond acceptors (Lipinski definition) is 6. The molecule has 2 aromatic carbocycles. The quantitative estimate of drug-likeness (QED) is 0.618. The first-order valence-corrected chi connectivity index (χ1v) is 8.61. The van der Waals surface area contributed by atoms with Crippen molar-refractivity contribution in [3.63, 3.8) is 0 Å². The summed E-state index contributed by atoms with van der Waals surface area (Å²) in [7, 11) is 0. The van der Waals surface area contributed by atoms with Gasteiger partial charge in [0.25, 0.3) is 0 Å². The van der Waals surface area contributed by atoms with Crippen molar-refractivity contribution < 1.29 is 23.5 Å². The molecule has 0 aliphatic heterocycles. The molecule has 0 unspecified atom stereocenters. The fourth-order valence-electron chi connectivity index (χ4n) is 2.59. The summed E-state index contributed by atoms with van der Waals surface area (Å²) in [5.74, 6) is 0.168. The third kappa shape index (κ3) is 3.69. The Bertz CT molecular complexity index is 1090. The molecular formula is C21H20O6. The van der Waals surface area contributed by atoms with Crippen molar-refractivity contribution in [1.29, 1.82) is 0 Å². The van der Waals surface area contributed by atoms with Gasteiger partial charge in [-0.25, -0.2) is 0 Å². The second-order valence-corrected chi connectivity index (χ2v) is 6.46. The number of Topliss-reactive ketones (excluding diaryl/α,β-unsaturated/α-hetero) is 2. The van der Waals surface area contributed by atoms with Crippen LogP contribution in [0.25, 0.3) is 21.9 Å². The molecule has 1 heterocycles. The summed E-state index contributed by atoms with van der Waals surface area (Å²) in [5.41, 5.74) is 0.429. The Morgan fingerprint density at radius 1 is 0.926 bits per heavy atom. The second-order valence-electron chi connectivity index (χ2n) is 6.46. The number of hydrogen-bond donors (Lipinski definition) is 0. The number of fused-ring (bicyclic) bond motifs is 2. The monoisotopic (exact) mass is 368 g/mol. The topological polar surface area (TPSA) is 82.8 Å². The van der Waals surface area contributed by atoms with Crippen LogP contribution in [0.2, 0.25) is 0 Å². The molecule has 0 fully saturated rings. The molecule has 0 spiro atoms. The smallest absolute Gasteiger partial charge is 0.204 e. The summed E-state index contributed by atoms with van der Waals surface area (Å²) in [5, 5.41) is 0.640. The zero-order chi connectivity index (χ0) is 19.7. The van der Waals surface area contributed by atoms with E-state index in [1.807, 2.05) is 0 Å². The lowest BCUT2D eigenvalue weighted by atomic mass is 10.1. The Morgan fingerprint density at radius 2 is 1.56 bits per heavy atom. The van der Waals surface area contributed by atoms with Gasteiger partial charge in [-0.15, -0.1) is 0 Å². The van der Waals surface area contributed by atoms with E-state index in [1.54, 1.807) is 44.2 Å². The molecule has 0 bridgehead atoms. The number of carbonyl (C=O) groups is 2. The highest BCUT2D eigenvalue weighted by atomic mass is 16.5. The van der Waals surface area contributed by atoms with Gasteiger partial charge in [0.15, 0.2) is 23.8 Å². The van der Waals surface area contributed by atoms with E-state index in [4.69, 9.17) is 13.9 Å². The van der Waals surface area contributed by atoms with Gasteiger partial charge in [-0.05, 0) is 39.8 Å². The van der Waals surface area contributed by atoms with Crippen molar-refractivity contribution in [1.82, 2.24) is 0 Å². The molecule has 0 N–H and O–H groups in total. The van der Waals surface area contributed by atoms with Crippen molar-refractivity contribution in [2.75, 3.05) is 0 Å². The highest BCUT2D eigenvalue weighted by molar-refractivity contribution is 5.94. The molecule has 2 atom stereocenters. The molecule has 0 aliphatic rings. The minimum Gasteiger partial charge on any atom is -0.483 e. The number of rotatable bonds is 6. The zero-order valence-electron chi connectivity index (χ0n) is 15.6. The van der Waals surface area contributed by atoms with Crippen LogP contribution in [0.1, 0.15) is 27.7 Å². The first kappa shape index (κ1) is 18.6. The Kier molecular flexibility index (Phi) is 4.99. The number of benzene rings is 2. The lowest BCUT2D eigenvalue weighted by Crippen LogP contribution is -2.22. The van der Waals surface area contributed by atoms with Crippen molar-refractivity contribution in [2.24, 2.45) is 0 Å². The van der Waals surface area contributed by atoms with Crippen molar-refractivity contribution in [2.45, 2.75) is 39.9 Å². The molecule has 0 saturated carbocycles. The summed E-state index contributed by atoms with van der Waals surface area (Å²) in [6.45, 7) is 6.06. The third-order valence-corrected chi connectivity index (χ3v) is 4.38. The summed E-state index contributed by atoms with van der Waals surface area (Å²) >= 11 is 0. The molecule has 27 heavy (non-hydrogen) atoms. The number of para-hydroxylation sites is 1. The number of carbonyl (C=O) groups excluding carboxylic acids is 2. The first-order chi connectivity index (χ1) is 12.8. The van der Waals surface area contributed by atoms with Crippen LogP contribution in [0.15, 0.2) is 45.6 Å². The highest BCUT2D eigenvalue weighted by Gasteiger charge is 2.19. The van der Waals surface area contributed by atoms with Crippen LogP contribution in [-0.4, -0.2) is 23.8 Å². The van der Waals surface area contributed by atoms with Crippen LogP contribution in [0.3, 0.4) is 0 Å². The van der Waals surface area contributed by atoms with E-state index in [2.05, 4.69) is 0 Å². The molecule has 6 nitrogen and oxygen atoms in total. The van der Waals surface area contributed by atoms with Gasteiger partial charge in [0.1, 0.15) is 28.1 Å². The normalized spacial score (nSPS) is 13.3. The largest absolute Gasteiger partial charge is 0.483 e. The van der Waals surface area contributed by atoms with Gasteiger partial charge < -0.3 is 13.9 Å². The van der Waals surface area contributed by atoms with Gasteiger partial charge in [0.05, 0.1) is 5.39 Å². The van der Waals surface area contributed by atoms with Gasteiger partial charge in [-0.3, -0.25) is 14.4 Å². The maximum Gasteiger partial charge on any atom is 0.204 e. The van der Waals surface area contributed by atoms with Gasteiger partial charge >= 0.3 is 0 Å². The minimum atomic E-state index is -0.750. The van der Waals surface area contributed by atoms with E-state index < -0.39 is 12.2 Å². The van der Waals surface area contributed by atoms with Crippen LogP contribution in [0.4, 0.5) is 0 Å². The van der Waals surface area contributed by atoms with Gasteiger partial charge in [0.2, 0.25) is 5.43 Å². The summed E-state index contributed by atoms with van der Waals surface area (Å²) in [6.07, 6.45) is -1.42. The third-order valence-electron chi connectivity index (χ3n) is 4.38. The Labute approximate surface area is 155 Å². The fraction of sp³-hybridized carbons (Fsp3) is 0.286. The van der Waals surface area contributed by atoms with Crippen LogP contribution in [0.5, 0.6) is 11.5 Å². The van der Waals surface area contributed by atoms with Crippen molar-refractivity contribution in [3.8, 4) is 11.5 Å². The summed E-state index contributed by atoms with van der Waals surface area (Å²) in [4.78, 5) is 36.1. The van der Waals surface area contributed by atoms with E-state index in [1.165, 1.54) is 19.9 Å². The predicted octanol–water partition coefficient (Wildman–Crippen LogP) is 3.66. The fourth-order valence-corrected chi connectivity index (χ4v) is 2.59. The lowest BCUT2D eigenvalue weighted by molar-refractivity contribution is -0.123. The molecule has 1 aromatic heterocycles. The second kappa shape index (κ2) is 7.23. The first-order valence-electron chi connectivity index (χ1n) is 8.61. The average molecular weight is 368 g/mol. The summed E-state index contributed by atoms with van der Waals surface area (Å²) in [6, 6.07) is 9.93. The van der Waals surface area contributed by atoms with E-state index in [9.17, 15) is 14.4 Å².